The summed E-state index contributed by atoms with van der Waals surface area (Å²) in [5.41, 5.74) is 6.85. The largest absolute Gasteiger partial charge is 0.373 e. The van der Waals surface area contributed by atoms with Gasteiger partial charge in [-0.25, -0.2) is 4.39 Å². The van der Waals surface area contributed by atoms with E-state index in [1.165, 1.54) is 12.1 Å². The highest BCUT2D eigenvalue weighted by Crippen LogP contribution is 2.17. The van der Waals surface area contributed by atoms with Gasteiger partial charge in [-0.15, -0.1) is 0 Å². The van der Waals surface area contributed by atoms with E-state index in [1.54, 1.807) is 12.1 Å². The van der Waals surface area contributed by atoms with Crippen molar-refractivity contribution in [2.45, 2.75) is 51.4 Å². The average Bonchev–Trinajstić information content (AvgIpc) is 2.54. The van der Waals surface area contributed by atoms with Gasteiger partial charge in [-0.1, -0.05) is 25.5 Å². The van der Waals surface area contributed by atoms with Crippen molar-refractivity contribution in [2.75, 3.05) is 13.1 Å². The molecule has 0 aliphatic carbocycles. The fraction of sp³-hybridized carbons (Fsp3) is 0.588. The first-order valence-corrected chi connectivity index (χ1v) is 8.00. The van der Waals surface area contributed by atoms with Crippen molar-refractivity contribution in [2.24, 2.45) is 5.73 Å². The number of halogens is 1. The zero-order valence-electron chi connectivity index (χ0n) is 13.1. The average molecular weight is 308 g/mol. The van der Waals surface area contributed by atoms with Gasteiger partial charge in [0, 0.05) is 13.1 Å². The van der Waals surface area contributed by atoms with E-state index >= 15 is 0 Å². The number of piperidine rings is 1. The van der Waals surface area contributed by atoms with Gasteiger partial charge in [-0.3, -0.25) is 4.79 Å². The molecule has 1 aliphatic rings. The second kappa shape index (κ2) is 8.25. The molecule has 1 aromatic carbocycles. The Bertz CT molecular complexity index is 470. The first-order valence-electron chi connectivity index (χ1n) is 8.00. The van der Waals surface area contributed by atoms with Gasteiger partial charge in [-0.2, -0.15) is 0 Å². The number of nitrogens with two attached hydrogens (primary N) is 1. The van der Waals surface area contributed by atoms with E-state index < -0.39 is 0 Å². The molecule has 4 nitrogen and oxygen atoms in total. The summed E-state index contributed by atoms with van der Waals surface area (Å²) >= 11 is 0. The molecular formula is C17H25FN2O2. The minimum Gasteiger partial charge on any atom is -0.373 e. The van der Waals surface area contributed by atoms with Crippen LogP contribution in [0, 0.1) is 5.82 Å². The Morgan fingerprint density at radius 2 is 2.00 bits per heavy atom. The van der Waals surface area contributed by atoms with Gasteiger partial charge < -0.3 is 15.4 Å². The maximum absolute atomic E-state index is 12.8. The Balaban J connectivity index is 1.73. The predicted octanol–water partition coefficient (Wildman–Crippen LogP) is 2.46. The van der Waals surface area contributed by atoms with Gasteiger partial charge >= 0.3 is 0 Å². The first-order chi connectivity index (χ1) is 10.6. The smallest absolute Gasteiger partial charge is 0.239 e. The highest BCUT2D eigenvalue weighted by atomic mass is 19.1. The SMILES string of the molecule is CCCC(N)C(=O)N1CCC(OCc2ccc(F)cc2)CC1. The second-order valence-electron chi connectivity index (χ2n) is 5.86. The third-order valence-corrected chi connectivity index (χ3v) is 4.07. The molecule has 0 spiro atoms. The number of benzene rings is 1. The number of likely N-dealkylation sites (tertiary alicyclic amines) is 1. The van der Waals surface area contributed by atoms with Gasteiger partial charge in [0.15, 0.2) is 0 Å². The van der Waals surface area contributed by atoms with E-state index in [1.807, 2.05) is 11.8 Å². The van der Waals surface area contributed by atoms with E-state index in [4.69, 9.17) is 10.5 Å². The third kappa shape index (κ3) is 4.78. The molecule has 2 N–H and O–H groups in total. The van der Waals surface area contributed by atoms with Gasteiger partial charge in [0.1, 0.15) is 5.82 Å². The van der Waals surface area contributed by atoms with Crippen molar-refractivity contribution in [3.63, 3.8) is 0 Å². The van der Waals surface area contributed by atoms with Crippen molar-refractivity contribution in [3.05, 3.63) is 35.6 Å². The first kappa shape index (κ1) is 16.9. The Hall–Kier alpha value is -1.46. The van der Waals surface area contributed by atoms with E-state index in [0.29, 0.717) is 19.7 Å². The topological polar surface area (TPSA) is 55.6 Å². The van der Waals surface area contributed by atoms with Crippen LogP contribution >= 0.6 is 0 Å². The molecule has 22 heavy (non-hydrogen) atoms. The minimum atomic E-state index is -0.373. The lowest BCUT2D eigenvalue weighted by atomic mass is 10.1. The van der Waals surface area contributed by atoms with Crippen LogP contribution < -0.4 is 5.73 Å². The molecule has 0 radical (unpaired) electrons. The van der Waals surface area contributed by atoms with Crippen LogP contribution in [0.4, 0.5) is 4.39 Å². The lowest BCUT2D eigenvalue weighted by Crippen LogP contribution is -2.48. The second-order valence-corrected chi connectivity index (χ2v) is 5.86. The van der Waals surface area contributed by atoms with E-state index in [-0.39, 0.29) is 23.9 Å². The number of hydrogen-bond donors (Lipinski definition) is 1. The molecule has 122 valence electrons. The van der Waals surface area contributed by atoms with E-state index in [2.05, 4.69) is 0 Å². The highest BCUT2D eigenvalue weighted by Gasteiger charge is 2.26. The number of rotatable bonds is 6. The van der Waals surface area contributed by atoms with Crippen LogP contribution in [0.3, 0.4) is 0 Å². The van der Waals surface area contributed by atoms with Crippen LogP contribution in [0.5, 0.6) is 0 Å². The van der Waals surface area contributed by atoms with Crippen LogP contribution in [0.1, 0.15) is 38.2 Å². The Kier molecular flexibility index (Phi) is 6.34. The Morgan fingerprint density at radius 1 is 1.36 bits per heavy atom. The molecule has 1 fully saturated rings. The summed E-state index contributed by atoms with van der Waals surface area (Å²) < 4.78 is 18.7. The zero-order chi connectivity index (χ0) is 15.9. The summed E-state index contributed by atoms with van der Waals surface area (Å²) in [6.45, 7) is 3.91. The van der Waals surface area contributed by atoms with Crippen LogP contribution in [-0.4, -0.2) is 36.0 Å². The molecule has 1 aliphatic heterocycles. The molecule has 2 rings (SSSR count). The molecule has 0 bridgehead atoms. The number of hydrogen-bond acceptors (Lipinski definition) is 3. The summed E-state index contributed by atoms with van der Waals surface area (Å²) in [7, 11) is 0. The Labute approximate surface area is 131 Å². The summed E-state index contributed by atoms with van der Waals surface area (Å²) in [6, 6.07) is 5.97. The quantitative estimate of drug-likeness (QED) is 0.878. The maximum atomic E-state index is 12.8. The molecule has 1 unspecified atom stereocenters. The van der Waals surface area contributed by atoms with Gasteiger partial charge in [0.05, 0.1) is 18.8 Å². The van der Waals surface area contributed by atoms with Gasteiger partial charge in [-0.05, 0) is 37.0 Å². The maximum Gasteiger partial charge on any atom is 0.239 e. The monoisotopic (exact) mass is 308 g/mol. The summed E-state index contributed by atoms with van der Waals surface area (Å²) in [6.07, 6.45) is 3.46. The van der Waals surface area contributed by atoms with Crippen molar-refractivity contribution >= 4 is 5.91 Å². The summed E-state index contributed by atoms with van der Waals surface area (Å²) in [4.78, 5) is 14.0. The van der Waals surface area contributed by atoms with E-state index in [9.17, 15) is 9.18 Å². The molecule has 1 atom stereocenters. The molecule has 0 saturated carbocycles. The number of carbonyl (C=O) groups excluding carboxylic acids is 1. The van der Waals surface area contributed by atoms with Crippen LogP contribution in [-0.2, 0) is 16.1 Å². The minimum absolute atomic E-state index is 0.0545. The lowest BCUT2D eigenvalue weighted by molar-refractivity contribution is -0.135. The molecule has 1 amide bonds. The Morgan fingerprint density at radius 3 is 2.59 bits per heavy atom. The van der Waals surface area contributed by atoms with Crippen LogP contribution in [0.15, 0.2) is 24.3 Å². The standard InChI is InChI=1S/C17H25FN2O2/c1-2-3-16(19)17(21)20-10-8-15(9-11-20)22-12-13-4-6-14(18)7-5-13/h4-7,15-16H,2-3,8-12,19H2,1H3. The number of carbonyl (C=O) groups is 1. The fourth-order valence-electron chi connectivity index (χ4n) is 2.71. The normalized spacial score (nSPS) is 17.5. The van der Waals surface area contributed by atoms with Crippen LogP contribution in [0.2, 0.25) is 0 Å². The molecule has 0 aromatic heterocycles. The fourth-order valence-corrected chi connectivity index (χ4v) is 2.71. The van der Waals surface area contributed by atoms with Gasteiger partial charge in [0.25, 0.3) is 0 Å². The molecule has 1 aromatic rings. The molecular weight excluding hydrogens is 283 g/mol. The zero-order valence-corrected chi connectivity index (χ0v) is 13.1. The lowest BCUT2D eigenvalue weighted by Gasteiger charge is -2.33. The number of nitrogens with zero attached hydrogens (tertiary/aromatic N) is 1. The summed E-state index contributed by atoms with van der Waals surface area (Å²) in [5, 5.41) is 0. The van der Waals surface area contributed by atoms with Crippen molar-refractivity contribution in [1.82, 2.24) is 4.90 Å². The van der Waals surface area contributed by atoms with Gasteiger partial charge in [0.2, 0.25) is 5.91 Å². The highest BCUT2D eigenvalue weighted by molar-refractivity contribution is 5.81. The van der Waals surface area contributed by atoms with E-state index in [0.717, 1.165) is 31.2 Å². The predicted molar refractivity (Wildman–Crippen MR) is 83.7 cm³/mol. The molecule has 5 heteroatoms. The number of ether oxygens (including phenoxy) is 1. The molecule has 1 saturated heterocycles. The van der Waals surface area contributed by atoms with Crippen LogP contribution in [0.25, 0.3) is 0 Å². The van der Waals surface area contributed by atoms with Crippen molar-refractivity contribution in [3.8, 4) is 0 Å². The van der Waals surface area contributed by atoms with Crippen molar-refractivity contribution < 1.29 is 13.9 Å². The van der Waals surface area contributed by atoms with Crippen molar-refractivity contribution in [1.29, 1.82) is 0 Å². The number of amides is 1. The molecule has 1 heterocycles. The third-order valence-electron chi connectivity index (χ3n) is 4.07. The summed E-state index contributed by atoms with van der Waals surface area (Å²) in [5.74, 6) is -0.183.